The minimum absolute atomic E-state index is 0.205. The molecule has 0 aromatic carbocycles. The molecule has 1 N–H and O–H groups in total. The van der Waals surface area contributed by atoms with Gasteiger partial charge in [0.25, 0.3) is 0 Å². The summed E-state index contributed by atoms with van der Waals surface area (Å²) in [5.41, 5.74) is 0.205. The highest BCUT2D eigenvalue weighted by atomic mass is 16.7. The lowest BCUT2D eigenvalue weighted by Gasteiger charge is -2.49. The van der Waals surface area contributed by atoms with Crippen LogP contribution in [0.1, 0.15) is 46.5 Å². The van der Waals surface area contributed by atoms with Crippen LogP contribution >= 0.6 is 0 Å². The van der Waals surface area contributed by atoms with Crippen molar-refractivity contribution < 1.29 is 9.47 Å². The number of nitrogens with zero attached hydrogens (tertiary/aromatic N) is 1. The molecule has 0 aromatic rings. The largest absolute Gasteiger partial charge is 0.347 e. The fourth-order valence-corrected chi connectivity index (χ4v) is 3.33. The van der Waals surface area contributed by atoms with Gasteiger partial charge in [0.05, 0.1) is 13.2 Å². The SMILES string of the molecule is CCC(C)(C)N(C)C1CC2(CCC1NC)OCCO2. The van der Waals surface area contributed by atoms with Gasteiger partial charge < -0.3 is 14.8 Å². The van der Waals surface area contributed by atoms with Crippen LogP contribution in [0.15, 0.2) is 0 Å². The predicted octanol–water partition coefficient (Wildman–Crippen LogP) is 1.99. The Hall–Kier alpha value is -0.160. The van der Waals surface area contributed by atoms with Crippen molar-refractivity contribution >= 4 is 0 Å². The minimum atomic E-state index is -0.309. The van der Waals surface area contributed by atoms with Gasteiger partial charge in [0.15, 0.2) is 5.79 Å². The van der Waals surface area contributed by atoms with Gasteiger partial charge in [-0.05, 0) is 40.8 Å². The van der Waals surface area contributed by atoms with Crippen molar-refractivity contribution in [1.82, 2.24) is 10.2 Å². The fourth-order valence-electron chi connectivity index (χ4n) is 3.33. The smallest absolute Gasteiger partial charge is 0.170 e. The minimum Gasteiger partial charge on any atom is -0.347 e. The van der Waals surface area contributed by atoms with E-state index in [0.29, 0.717) is 12.1 Å². The standard InChI is InChI=1S/C15H30N2O2/c1-6-14(2,3)17(5)13-11-15(18-9-10-19-15)8-7-12(13)16-4/h12-13,16H,6-11H2,1-5H3. The van der Waals surface area contributed by atoms with Gasteiger partial charge >= 0.3 is 0 Å². The first kappa shape index (κ1) is 15.2. The van der Waals surface area contributed by atoms with Crippen molar-refractivity contribution in [3.8, 4) is 0 Å². The lowest BCUT2D eigenvalue weighted by Crippen LogP contribution is -2.60. The van der Waals surface area contributed by atoms with Crippen molar-refractivity contribution in [3.05, 3.63) is 0 Å². The Kier molecular flexibility index (Phi) is 4.56. The molecule has 1 heterocycles. The first-order chi connectivity index (χ1) is 8.94. The molecule has 0 aromatic heterocycles. The Morgan fingerprint density at radius 3 is 2.47 bits per heavy atom. The summed E-state index contributed by atoms with van der Waals surface area (Å²) in [7, 11) is 4.31. The van der Waals surface area contributed by atoms with Crippen molar-refractivity contribution in [2.75, 3.05) is 27.3 Å². The number of nitrogens with one attached hydrogen (secondary N) is 1. The summed E-state index contributed by atoms with van der Waals surface area (Å²) in [4.78, 5) is 2.51. The molecule has 0 bridgehead atoms. The summed E-state index contributed by atoms with van der Waals surface area (Å²) in [6.45, 7) is 8.39. The number of ether oxygens (including phenoxy) is 2. The summed E-state index contributed by atoms with van der Waals surface area (Å²) >= 11 is 0. The maximum absolute atomic E-state index is 5.92. The molecule has 2 rings (SSSR count). The Labute approximate surface area is 117 Å². The Morgan fingerprint density at radius 1 is 1.32 bits per heavy atom. The van der Waals surface area contributed by atoms with Crippen molar-refractivity contribution in [3.63, 3.8) is 0 Å². The molecule has 1 spiro atoms. The molecule has 2 atom stereocenters. The zero-order valence-corrected chi connectivity index (χ0v) is 13.2. The van der Waals surface area contributed by atoms with E-state index in [9.17, 15) is 0 Å². The van der Waals surface area contributed by atoms with Crippen LogP contribution < -0.4 is 5.32 Å². The Bertz CT molecular complexity index is 301. The molecule has 4 nitrogen and oxygen atoms in total. The molecule has 1 saturated heterocycles. The monoisotopic (exact) mass is 270 g/mol. The average molecular weight is 270 g/mol. The molecule has 0 radical (unpaired) electrons. The molecule has 0 amide bonds. The van der Waals surface area contributed by atoms with Crippen LogP contribution in [0.4, 0.5) is 0 Å². The quantitative estimate of drug-likeness (QED) is 0.847. The van der Waals surface area contributed by atoms with E-state index in [0.717, 1.165) is 38.9 Å². The first-order valence-electron chi connectivity index (χ1n) is 7.62. The van der Waals surface area contributed by atoms with Gasteiger partial charge in [-0.3, -0.25) is 4.90 Å². The summed E-state index contributed by atoms with van der Waals surface area (Å²) in [6, 6.07) is 0.987. The van der Waals surface area contributed by atoms with Crippen LogP contribution in [0.25, 0.3) is 0 Å². The van der Waals surface area contributed by atoms with E-state index in [-0.39, 0.29) is 11.3 Å². The number of hydrogen-bond donors (Lipinski definition) is 1. The topological polar surface area (TPSA) is 33.7 Å². The van der Waals surface area contributed by atoms with Gasteiger partial charge in [0.2, 0.25) is 0 Å². The maximum Gasteiger partial charge on any atom is 0.170 e. The van der Waals surface area contributed by atoms with E-state index in [2.05, 4.69) is 45.1 Å². The molecule has 2 aliphatic rings. The van der Waals surface area contributed by atoms with E-state index in [1.807, 2.05) is 0 Å². The second kappa shape index (κ2) is 5.68. The normalized spacial score (nSPS) is 31.3. The van der Waals surface area contributed by atoms with E-state index in [1.54, 1.807) is 0 Å². The summed E-state index contributed by atoms with van der Waals surface area (Å²) in [5, 5.41) is 3.48. The summed E-state index contributed by atoms with van der Waals surface area (Å²) in [5.74, 6) is -0.309. The van der Waals surface area contributed by atoms with Gasteiger partial charge in [-0.25, -0.2) is 0 Å². The zero-order chi connectivity index (χ0) is 14.1. The van der Waals surface area contributed by atoms with Crippen LogP contribution in [0.5, 0.6) is 0 Å². The maximum atomic E-state index is 5.92. The van der Waals surface area contributed by atoms with E-state index < -0.39 is 0 Å². The Balaban J connectivity index is 2.13. The van der Waals surface area contributed by atoms with Crippen LogP contribution in [-0.4, -0.2) is 55.6 Å². The van der Waals surface area contributed by atoms with Crippen molar-refractivity contribution in [1.29, 1.82) is 0 Å². The van der Waals surface area contributed by atoms with Gasteiger partial charge in [0, 0.05) is 30.5 Å². The first-order valence-corrected chi connectivity index (χ1v) is 7.62. The van der Waals surface area contributed by atoms with E-state index >= 15 is 0 Å². The average Bonchev–Trinajstić information content (AvgIpc) is 2.86. The molecule has 1 aliphatic heterocycles. The summed E-state index contributed by atoms with van der Waals surface area (Å²) < 4.78 is 11.8. The molecule has 2 unspecified atom stereocenters. The molecule has 4 heteroatoms. The number of likely N-dealkylation sites (N-methyl/N-ethyl adjacent to an activating group) is 2. The molecular formula is C15H30N2O2. The van der Waals surface area contributed by atoms with Gasteiger partial charge in [-0.1, -0.05) is 6.92 Å². The van der Waals surface area contributed by atoms with Gasteiger partial charge in [0.1, 0.15) is 0 Å². The lowest BCUT2D eigenvalue weighted by molar-refractivity contribution is -0.196. The second-order valence-corrected chi connectivity index (χ2v) is 6.59. The van der Waals surface area contributed by atoms with Crippen molar-refractivity contribution in [2.24, 2.45) is 0 Å². The van der Waals surface area contributed by atoms with Crippen LogP contribution in [0, 0.1) is 0 Å². The van der Waals surface area contributed by atoms with E-state index in [4.69, 9.17) is 9.47 Å². The fraction of sp³-hybridized carbons (Fsp3) is 1.00. The second-order valence-electron chi connectivity index (χ2n) is 6.59. The molecule has 1 aliphatic carbocycles. The van der Waals surface area contributed by atoms with Crippen LogP contribution in [-0.2, 0) is 9.47 Å². The van der Waals surface area contributed by atoms with Gasteiger partial charge in [-0.15, -0.1) is 0 Å². The number of hydrogen-bond acceptors (Lipinski definition) is 4. The van der Waals surface area contributed by atoms with Crippen molar-refractivity contribution in [2.45, 2.75) is 69.9 Å². The van der Waals surface area contributed by atoms with Crippen LogP contribution in [0.2, 0.25) is 0 Å². The highest BCUT2D eigenvalue weighted by molar-refractivity contribution is 4.98. The third kappa shape index (κ3) is 2.97. The highest BCUT2D eigenvalue weighted by Gasteiger charge is 2.47. The summed E-state index contributed by atoms with van der Waals surface area (Å²) in [6.07, 6.45) is 4.24. The molecule has 2 fully saturated rings. The number of rotatable bonds is 4. The van der Waals surface area contributed by atoms with Gasteiger partial charge in [-0.2, -0.15) is 0 Å². The van der Waals surface area contributed by atoms with E-state index in [1.165, 1.54) is 0 Å². The predicted molar refractivity (Wildman–Crippen MR) is 77.3 cm³/mol. The van der Waals surface area contributed by atoms with Crippen LogP contribution in [0.3, 0.4) is 0 Å². The highest BCUT2D eigenvalue weighted by Crippen LogP contribution is 2.39. The third-order valence-electron chi connectivity index (χ3n) is 5.32. The molecular weight excluding hydrogens is 240 g/mol. The molecule has 1 saturated carbocycles. The lowest BCUT2D eigenvalue weighted by atomic mass is 9.82. The Morgan fingerprint density at radius 2 is 1.95 bits per heavy atom. The molecule has 19 heavy (non-hydrogen) atoms. The molecule has 112 valence electrons. The third-order valence-corrected chi connectivity index (χ3v) is 5.32. The zero-order valence-electron chi connectivity index (χ0n) is 13.2.